The Bertz CT molecular complexity index is 333. The molecule has 0 heterocycles. The minimum atomic E-state index is -0.224. The highest BCUT2D eigenvalue weighted by atomic mass is 35.5. The molecule has 0 unspecified atom stereocenters. The molecule has 0 aromatic heterocycles. The van der Waals surface area contributed by atoms with Crippen molar-refractivity contribution >= 4 is 17.3 Å². The minimum Gasteiger partial charge on any atom is -0.385 e. The van der Waals surface area contributed by atoms with E-state index in [1.165, 1.54) is 6.07 Å². The highest BCUT2D eigenvalue weighted by molar-refractivity contribution is 6.17. The van der Waals surface area contributed by atoms with E-state index in [2.05, 4.69) is 0 Å². The van der Waals surface area contributed by atoms with Gasteiger partial charge in [0.1, 0.15) is 5.82 Å². The number of para-hydroxylation sites is 1. The molecule has 90 valence electrons. The number of halogens is 2. The molecule has 4 heteroatoms. The summed E-state index contributed by atoms with van der Waals surface area (Å²) in [5.74, 6) is 0.0971. The van der Waals surface area contributed by atoms with Gasteiger partial charge in [-0.25, -0.2) is 4.39 Å². The second-order valence-corrected chi connectivity index (χ2v) is 3.92. The summed E-state index contributed by atoms with van der Waals surface area (Å²) in [6.45, 7) is 1.42. The predicted octanol–water partition coefficient (Wildman–Crippen LogP) is 3.04. The van der Waals surface area contributed by atoms with Crippen molar-refractivity contribution < 1.29 is 9.13 Å². The largest absolute Gasteiger partial charge is 0.385 e. The summed E-state index contributed by atoms with van der Waals surface area (Å²) in [5.41, 5.74) is 1.41. The van der Waals surface area contributed by atoms with Gasteiger partial charge in [0.15, 0.2) is 0 Å². The van der Waals surface area contributed by atoms with Crippen LogP contribution in [0.15, 0.2) is 18.2 Å². The lowest BCUT2D eigenvalue weighted by Gasteiger charge is -2.22. The van der Waals surface area contributed by atoms with Gasteiger partial charge in [0.05, 0.1) is 5.69 Å². The number of anilines is 1. The Hall–Kier alpha value is -0.800. The summed E-state index contributed by atoms with van der Waals surface area (Å²) in [6, 6.07) is 4.98. The van der Waals surface area contributed by atoms with Crippen LogP contribution in [0, 0.1) is 5.82 Å². The van der Waals surface area contributed by atoms with Gasteiger partial charge in [-0.15, -0.1) is 11.6 Å². The fraction of sp³-hybridized carbons (Fsp3) is 0.500. The Morgan fingerprint density at radius 2 is 2.19 bits per heavy atom. The van der Waals surface area contributed by atoms with E-state index < -0.39 is 0 Å². The Kier molecular flexibility index (Phi) is 5.56. The van der Waals surface area contributed by atoms with Crippen LogP contribution in [0.3, 0.4) is 0 Å². The molecular weight excluding hydrogens is 229 g/mol. The average molecular weight is 246 g/mol. The van der Waals surface area contributed by atoms with E-state index in [1.54, 1.807) is 13.2 Å². The monoisotopic (exact) mass is 245 g/mol. The average Bonchev–Trinajstić information content (AvgIpc) is 2.28. The molecule has 0 radical (unpaired) electrons. The quantitative estimate of drug-likeness (QED) is 0.564. The van der Waals surface area contributed by atoms with E-state index in [0.29, 0.717) is 18.2 Å². The highest BCUT2D eigenvalue weighted by Gasteiger charge is 2.11. The molecule has 0 N–H and O–H groups in total. The number of ether oxygens (including phenoxy) is 1. The fourth-order valence-electron chi connectivity index (χ4n) is 1.65. The van der Waals surface area contributed by atoms with Crippen LogP contribution in [0.4, 0.5) is 10.1 Å². The molecule has 1 aromatic carbocycles. The van der Waals surface area contributed by atoms with Crippen molar-refractivity contribution in [3.8, 4) is 0 Å². The zero-order valence-corrected chi connectivity index (χ0v) is 10.4. The number of rotatable bonds is 6. The maximum absolute atomic E-state index is 13.7. The van der Waals surface area contributed by atoms with Crippen molar-refractivity contribution in [2.45, 2.75) is 12.3 Å². The lowest BCUT2D eigenvalue weighted by molar-refractivity contribution is 0.196. The molecule has 0 spiro atoms. The Balaban J connectivity index is 2.76. The lowest BCUT2D eigenvalue weighted by atomic mass is 10.1. The van der Waals surface area contributed by atoms with E-state index in [0.717, 1.165) is 18.5 Å². The summed E-state index contributed by atoms with van der Waals surface area (Å²) >= 11 is 5.79. The van der Waals surface area contributed by atoms with Gasteiger partial charge in [0.2, 0.25) is 0 Å². The smallest absolute Gasteiger partial charge is 0.146 e. The molecule has 0 bridgehead atoms. The van der Waals surface area contributed by atoms with Gasteiger partial charge < -0.3 is 9.64 Å². The second kappa shape index (κ2) is 6.71. The van der Waals surface area contributed by atoms with Crippen LogP contribution in [-0.4, -0.2) is 27.3 Å². The first-order valence-corrected chi connectivity index (χ1v) is 5.77. The number of hydrogen-bond donors (Lipinski definition) is 0. The van der Waals surface area contributed by atoms with Crippen LogP contribution in [0.25, 0.3) is 0 Å². The maximum atomic E-state index is 13.7. The first kappa shape index (κ1) is 13.3. The third-order valence-corrected chi connectivity index (χ3v) is 2.73. The normalized spacial score (nSPS) is 10.5. The Morgan fingerprint density at radius 1 is 1.44 bits per heavy atom. The number of nitrogens with zero attached hydrogens (tertiary/aromatic N) is 1. The molecule has 1 rings (SSSR count). The fourth-order valence-corrected chi connectivity index (χ4v) is 1.87. The highest BCUT2D eigenvalue weighted by Crippen LogP contribution is 2.24. The van der Waals surface area contributed by atoms with Crippen LogP contribution in [0.1, 0.15) is 12.0 Å². The molecule has 0 atom stereocenters. The van der Waals surface area contributed by atoms with Crippen LogP contribution in [0.5, 0.6) is 0 Å². The molecule has 0 aliphatic carbocycles. The van der Waals surface area contributed by atoms with Crippen molar-refractivity contribution in [1.82, 2.24) is 0 Å². The first-order chi connectivity index (χ1) is 7.70. The van der Waals surface area contributed by atoms with Crippen LogP contribution in [-0.2, 0) is 10.6 Å². The summed E-state index contributed by atoms with van der Waals surface area (Å²) in [5, 5.41) is 0. The molecule has 0 aliphatic rings. The van der Waals surface area contributed by atoms with Gasteiger partial charge in [-0.3, -0.25) is 0 Å². The summed E-state index contributed by atoms with van der Waals surface area (Å²) in [6.07, 6.45) is 0.864. The number of benzene rings is 1. The first-order valence-electron chi connectivity index (χ1n) is 5.24. The van der Waals surface area contributed by atoms with Gasteiger partial charge >= 0.3 is 0 Å². The summed E-state index contributed by atoms with van der Waals surface area (Å²) in [7, 11) is 3.53. The molecule has 0 saturated heterocycles. The lowest BCUT2D eigenvalue weighted by Crippen LogP contribution is -2.22. The second-order valence-electron chi connectivity index (χ2n) is 3.65. The van der Waals surface area contributed by atoms with E-state index in [-0.39, 0.29) is 5.82 Å². The number of hydrogen-bond acceptors (Lipinski definition) is 2. The zero-order chi connectivity index (χ0) is 12.0. The van der Waals surface area contributed by atoms with Gasteiger partial charge in [0.25, 0.3) is 0 Å². The van der Waals surface area contributed by atoms with Crippen molar-refractivity contribution in [2.24, 2.45) is 0 Å². The molecular formula is C12H17ClFNO. The molecule has 0 aliphatic heterocycles. The third-order valence-electron chi connectivity index (χ3n) is 2.44. The summed E-state index contributed by atoms with van der Waals surface area (Å²) in [4.78, 5) is 1.88. The summed E-state index contributed by atoms with van der Waals surface area (Å²) < 4.78 is 18.6. The Morgan fingerprint density at radius 3 is 2.81 bits per heavy atom. The SMILES string of the molecule is COCCCN(C)c1c(F)cccc1CCl. The van der Waals surface area contributed by atoms with E-state index in [4.69, 9.17) is 16.3 Å². The topological polar surface area (TPSA) is 12.5 Å². The van der Waals surface area contributed by atoms with Crippen LogP contribution >= 0.6 is 11.6 Å². The number of alkyl halides is 1. The van der Waals surface area contributed by atoms with Crippen molar-refractivity contribution in [2.75, 3.05) is 32.2 Å². The van der Waals surface area contributed by atoms with E-state index in [9.17, 15) is 4.39 Å². The van der Waals surface area contributed by atoms with Gasteiger partial charge in [-0.2, -0.15) is 0 Å². The minimum absolute atomic E-state index is 0.224. The van der Waals surface area contributed by atoms with Crippen molar-refractivity contribution in [3.63, 3.8) is 0 Å². The predicted molar refractivity (Wildman–Crippen MR) is 65.7 cm³/mol. The van der Waals surface area contributed by atoms with Gasteiger partial charge in [0, 0.05) is 33.2 Å². The van der Waals surface area contributed by atoms with Crippen LogP contribution < -0.4 is 4.90 Å². The molecule has 2 nitrogen and oxygen atoms in total. The van der Waals surface area contributed by atoms with Crippen molar-refractivity contribution in [3.05, 3.63) is 29.6 Å². The Labute approximate surface area is 101 Å². The molecule has 0 fully saturated rings. The van der Waals surface area contributed by atoms with Crippen LogP contribution in [0.2, 0.25) is 0 Å². The molecule has 0 saturated carbocycles. The molecule has 0 amide bonds. The molecule has 1 aromatic rings. The van der Waals surface area contributed by atoms with Crippen molar-refractivity contribution in [1.29, 1.82) is 0 Å². The number of methoxy groups -OCH3 is 1. The van der Waals surface area contributed by atoms with Gasteiger partial charge in [-0.05, 0) is 18.1 Å². The standard InChI is InChI=1S/C12H17ClFNO/c1-15(7-4-8-16-2)12-10(9-13)5-3-6-11(12)14/h3,5-6H,4,7-9H2,1-2H3. The maximum Gasteiger partial charge on any atom is 0.146 e. The van der Waals surface area contributed by atoms with E-state index in [1.807, 2.05) is 18.0 Å². The molecule has 16 heavy (non-hydrogen) atoms. The third kappa shape index (κ3) is 3.35. The zero-order valence-electron chi connectivity index (χ0n) is 9.67. The van der Waals surface area contributed by atoms with E-state index >= 15 is 0 Å². The van der Waals surface area contributed by atoms with Gasteiger partial charge in [-0.1, -0.05) is 12.1 Å².